The van der Waals surface area contributed by atoms with Crippen molar-refractivity contribution in [3.8, 4) is 5.75 Å². The van der Waals surface area contributed by atoms with Gasteiger partial charge in [-0.05, 0) is 31.2 Å². The molecule has 1 atom stereocenters. The molecule has 2 aromatic carbocycles. The Balaban J connectivity index is 2.07. The highest BCUT2D eigenvalue weighted by atomic mass is 79.9. The number of carbonyl (C=O) groups is 1. The van der Waals surface area contributed by atoms with Gasteiger partial charge in [-0.3, -0.25) is 4.79 Å². The summed E-state index contributed by atoms with van der Waals surface area (Å²) in [4.78, 5) is 11.9. The van der Waals surface area contributed by atoms with Crippen LogP contribution in [0.15, 0.2) is 46.9 Å². The maximum absolute atomic E-state index is 13.6. The van der Waals surface area contributed by atoms with Crippen LogP contribution in [0.4, 0.5) is 14.5 Å². The summed E-state index contributed by atoms with van der Waals surface area (Å²) in [5, 5.41) is 2.62. The van der Waals surface area contributed by atoms with E-state index in [1.165, 1.54) is 13.0 Å². The Morgan fingerprint density at radius 3 is 2.57 bits per heavy atom. The zero-order valence-electron chi connectivity index (χ0n) is 11.1. The van der Waals surface area contributed by atoms with Gasteiger partial charge in [0.25, 0.3) is 5.91 Å². The van der Waals surface area contributed by atoms with Crippen molar-refractivity contribution in [2.24, 2.45) is 0 Å². The molecule has 2 aromatic rings. The van der Waals surface area contributed by atoms with Gasteiger partial charge in [-0.1, -0.05) is 34.1 Å². The minimum absolute atomic E-state index is 0.322. The summed E-state index contributed by atoms with van der Waals surface area (Å²) in [6, 6.07) is 11.0. The summed E-state index contributed by atoms with van der Waals surface area (Å²) < 4.78 is 32.3. The third kappa shape index (κ3) is 4.01. The van der Waals surface area contributed by atoms with E-state index < -0.39 is 23.6 Å². The summed E-state index contributed by atoms with van der Waals surface area (Å²) in [5.41, 5.74) is 0.596. The van der Waals surface area contributed by atoms with Crippen LogP contribution < -0.4 is 10.1 Å². The molecule has 0 aromatic heterocycles. The van der Waals surface area contributed by atoms with E-state index in [0.717, 1.165) is 6.07 Å². The highest BCUT2D eigenvalue weighted by Gasteiger charge is 2.19. The Labute approximate surface area is 129 Å². The number of nitrogens with one attached hydrogen (secondary N) is 1. The number of ether oxygens (including phenoxy) is 1. The summed E-state index contributed by atoms with van der Waals surface area (Å²) in [5.74, 6) is -2.95. The van der Waals surface area contributed by atoms with E-state index in [-0.39, 0.29) is 5.75 Å². The van der Waals surface area contributed by atoms with Gasteiger partial charge >= 0.3 is 0 Å². The SMILES string of the molecule is CC(Oc1cc(Br)cc(F)c1F)C(=O)Nc1ccccc1. The highest BCUT2D eigenvalue weighted by molar-refractivity contribution is 9.10. The van der Waals surface area contributed by atoms with E-state index in [4.69, 9.17) is 4.74 Å². The molecule has 0 aliphatic heterocycles. The molecular weight excluding hydrogens is 344 g/mol. The largest absolute Gasteiger partial charge is 0.478 e. The molecule has 1 N–H and O–H groups in total. The molecule has 0 aliphatic rings. The molecule has 1 amide bonds. The van der Waals surface area contributed by atoms with Gasteiger partial charge < -0.3 is 10.1 Å². The van der Waals surface area contributed by atoms with E-state index in [2.05, 4.69) is 21.2 Å². The van der Waals surface area contributed by atoms with Crippen molar-refractivity contribution in [2.45, 2.75) is 13.0 Å². The van der Waals surface area contributed by atoms with Crippen LogP contribution in [-0.2, 0) is 4.79 Å². The zero-order chi connectivity index (χ0) is 15.4. The smallest absolute Gasteiger partial charge is 0.265 e. The Kier molecular flexibility index (Phi) is 4.90. The van der Waals surface area contributed by atoms with Gasteiger partial charge in [0, 0.05) is 10.2 Å². The van der Waals surface area contributed by atoms with Crippen molar-refractivity contribution in [1.29, 1.82) is 0 Å². The maximum Gasteiger partial charge on any atom is 0.265 e. The Morgan fingerprint density at radius 2 is 1.90 bits per heavy atom. The fourth-order valence-corrected chi connectivity index (χ4v) is 2.04. The molecule has 0 fully saturated rings. The molecule has 0 spiro atoms. The normalized spacial score (nSPS) is 11.8. The van der Waals surface area contributed by atoms with Gasteiger partial charge in [-0.2, -0.15) is 4.39 Å². The van der Waals surface area contributed by atoms with Crippen LogP contribution in [0, 0.1) is 11.6 Å². The van der Waals surface area contributed by atoms with Gasteiger partial charge in [0.2, 0.25) is 5.82 Å². The minimum Gasteiger partial charge on any atom is -0.478 e. The van der Waals surface area contributed by atoms with Crippen molar-refractivity contribution in [1.82, 2.24) is 0 Å². The number of carbonyl (C=O) groups excluding carboxylic acids is 1. The second-order valence-corrected chi connectivity index (χ2v) is 5.23. The molecule has 21 heavy (non-hydrogen) atoms. The first kappa shape index (κ1) is 15.4. The average Bonchev–Trinajstić information content (AvgIpc) is 2.45. The number of rotatable bonds is 4. The zero-order valence-corrected chi connectivity index (χ0v) is 12.7. The third-order valence-electron chi connectivity index (χ3n) is 2.67. The van der Waals surface area contributed by atoms with Crippen molar-refractivity contribution in [2.75, 3.05) is 5.32 Å². The lowest BCUT2D eigenvalue weighted by Crippen LogP contribution is -2.30. The van der Waals surface area contributed by atoms with Gasteiger partial charge in [-0.15, -0.1) is 0 Å². The van der Waals surface area contributed by atoms with Crippen LogP contribution in [-0.4, -0.2) is 12.0 Å². The third-order valence-corrected chi connectivity index (χ3v) is 3.13. The lowest BCUT2D eigenvalue weighted by molar-refractivity contribution is -0.122. The molecule has 0 bridgehead atoms. The Morgan fingerprint density at radius 1 is 1.24 bits per heavy atom. The summed E-state index contributed by atoms with van der Waals surface area (Å²) >= 11 is 3.04. The monoisotopic (exact) mass is 355 g/mol. The van der Waals surface area contributed by atoms with E-state index in [0.29, 0.717) is 10.2 Å². The van der Waals surface area contributed by atoms with Gasteiger partial charge in [0.15, 0.2) is 17.7 Å². The standard InChI is InChI=1S/C15H12BrF2NO2/c1-9(15(20)19-11-5-3-2-4-6-11)21-13-8-10(16)7-12(17)14(13)18/h2-9H,1H3,(H,19,20). The second kappa shape index (κ2) is 6.67. The number of hydrogen-bond donors (Lipinski definition) is 1. The van der Waals surface area contributed by atoms with Crippen LogP contribution in [0.3, 0.4) is 0 Å². The minimum atomic E-state index is -1.13. The molecule has 0 aliphatic carbocycles. The van der Waals surface area contributed by atoms with Gasteiger partial charge in [0.1, 0.15) is 0 Å². The quantitative estimate of drug-likeness (QED) is 0.837. The van der Waals surface area contributed by atoms with Crippen molar-refractivity contribution >= 4 is 27.5 Å². The second-order valence-electron chi connectivity index (χ2n) is 4.32. The van der Waals surface area contributed by atoms with Crippen LogP contribution >= 0.6 is 15.9 Å². The fraction of sp³-hybridized carbons (Fsp3) is 0.133. The summed E-state index contributed by atoms with van der Waals surface area (Å²) in [7, 11) is 0. The van der Waals surface area contributed by atoms with E-state index in [9.17, 15) is 13.6 Å². The molecular formula is C15H12BrF2NO2. The number of benzene rings is 2. The molecule has 6 heteroatoms. The summed E-state index contributed by atoms with van der Waals surface area (Å²) in [6.45, 7) is 1.45. The highest BCUT2D eigenvalue weighted by Crippen LogP contribution is 2.26. The lowest BCUT2D eigenvalue weighted by atomic mass is 10.3. The number of hydrogen-bond acceptors (Lipinski definition) is 2. The molecule has 110 valence electrons. The first-order valence-electron chi connectivity index (χ1n) is 6.14. The Hall–Kier alpha value is -1.95. The van der Waals surface area contributed by atoms with E-state index >= 15 is 0 Å². The number of anilines is 1. The van der Waals surface area contributed by atoms with Gasteiger partial charge in [0.05, 0.1) is 0 Å². The molecule has 3 nitrogen and oxygen atoms in total. The van der Waals surface area contributed by atoms with Crippen molar-refractivity contribution < 1.29 is 18.3 Å². The average molecular weight is 356 g/mol. The Bertz CT molecular complexity index is 650. The van der Waals surface area contributed by atoms with Crippen LogP contribution in [0.1, 0.15) is 6.92 Å². The number of amides is 1. The maximum atomic E-state index is 13.6. The molecule has 2 rings (SSSR count). The first-order chi connectivity index (χ1) is 9.97. The molecule has 0 saturated heterocycles. The topological polar surface area (TPSA) is 38.3 Å². The van der Waals surface area contributed by atoms with E-state index in [1.807, 2.05) is 6.07 Å². The van der Waals surface area contributed by atoms with Crippen LogP contribution in [0.2, 0.25) is 0 Å². The number of para-hydroxylation sites is 1. The van der Waals surface area contributed by atoms with Crippen molar-refractivity contribution in [3.05, 3.63) is 58.6 Å². The lowest BCUT2D eigenvalue weighted by Gasteiger charge is -2.15. The van der Waals surface area contributed by atoms with Crippen LogP contribution in [0.5, 0.6) is 5.75 Å². The summed E-state index contributed by atoms with van der Waals surface area (Å²) in [6.07, 6.45) is -0.978. The van der Waals surface area contributed by atoms with Crippen molar-refractivity contribution in [3.63, 3.8) is 0 Å². The fourth-order valence-electron chi connectivity index (χ4n) is 1.63. The predicted molar refractivity (Wildman–Crippen MR) is 79.2 cm³/mol. The molecule has 0 radical (unpaired) electrons. The molecule has 0 saturated carbocycles. The van der Waals surface area contributed by atoms with Crippen LogP contribution in [0.25, 0.3) is 0 Å². The molecule has 0 heterocycles. The predicted octanol–water partition coefficient (Wildman–Crippen LogP) is 4.13. The first-order valence-corrected chi connectivity index (χ1v) is 6.94. The van der Waals surface area contributed by atoms with E-state index in [1.54, 1.807) is 24.3 Å². The molecule has 1 unspecified atom stereocenters. The van der Waals surface area contributed by atoms with Gasteiger partial charge in [-0.25, -0.2) is 4.39 Å². The number of halogens is 3.